The fourth-order valence-electron chi connectivity index (χ4n) is 3.13. The highest BCUT2D eigenvalue weighted by Gasteiger charge is 2.22. The average molecular weight is 279 g/mol. The van der Waals surface area contributed by atoms with E-state index >= 15 is 0 Å². The van der Waals surface area contributed by atoms with Crippen molar-refractivity contribution in [3.05, 3.63) is 77.4 Å². The van der Waals surface area contributed by atoms with Gasteiger partial charge in [-0.05, 0) is 35.7 Å². The first kappa shape index (κ1) is 14.1. The van der Waals surface area contributed by atoms with Crippen molar-refractivity contribution in [3.63, 3.8) is 0 Å². The van der Waals surface area contributed by atoms with Crippen LogP contribution in [0.25, 0.3) is 5.57 Å². The van der Waals surface area contributed by atoms with Gasteiger partial charge in [-0.25, -0.2) is 0 Å². The van der Waals surface area contributed by atoms with Gasteiger partial charge in [-0.3, -0.25) is 4.90 Å². The third-order valence-electron chi connectivity index (χ3n) is 3.94. The van der Waals surface area contributed by atoms with Crippen molar-refractivity contribution in [3.8, 4) is 0 Å². The number of likely N-dealkylation sites (N-methyl/N-ethyl adjacent to an activating group) is 1. The molecule has 0 aliphatic carbocycles. The molecule has 21 heavy (non-hydrogen) atoms. The molecule has 1 fully saturated rings. The van der Waals surface area contributed by atoms with E-state index in [0.29, 0.717) is 0 Å². The molecular weight excluding hydrogens is 258 g/mol. The number of aliphatic hydroxyl groups excluding tert-OH is 1. The van der Waals surface area contributed by atoms with Crippen molar-refractivity contribution in [2.45, 2.75) is 12.5 Å². The van der Waals surface area contributed by atoms with E-state index in [9.17, 15) is 5.11 Å². The van der Waals surface area contributed by atoms with Gasteiger partial charge >= 0.3 is 0 Å². The number of hydrogen-bond acceptors (Lipinski definition) is 2. The molecule has 1 unspecified atom stereocenters. The van der Waals surface area contributed by atoms with Crippen molar-refractivity contribution in [1.29, 1.82) is 0 Å². The van der Waals surface area contributed by atoms with Crippen molar-refractivity contribution in [2.24, 2.45) is 0 Å². The van der Waals surface area contributed by atoms with E-state index in [1.54, 1.807) is 0 Å². The summed E-state index contributed by atoms with van der Waals surface area (Å²) in [5, 5.41) is 10.1. The molecule has 0 radical (unpaired) electrons. The molecule has 1 N–H and O–H groups in total. The maximum atomic E-state index is 10.1. The van der Waals surface area contributed by atoms with Gasteiger partial charge in [0.2, 0.25) is 0 Å². The Bertz CT molecular complexity index is 565. The minimum atomic E-state index is -0.277. The summed E-state index contributed by atoms with van der Waals surface area (Å²) in [7, 11) is 2.07. The highest BCUT2D eigenvalue weighted by Crippen LogP contribution is 2.31. The molecule has 1 heterocycles. The molecule has 1 aliphatic heterocycles. The van der Waals surface area contributed by atoms with E-state index in [-0.39, 0.29) is 6.10 Å². The highest BCUT2D eigenvalue weighted by atomic mass is 16.3. The van der Waals surface area contributed by atoms with E-state index in [4.69, 9.17) is 0 Å². The van der Waals surface area contributed by atoms with Gasteiger partial charge in [-0.2, -0.15) is 0 Å². The predicted octanol–water partition coefficient (Wildman–Crippen LogP) is 3.18. The van der Waals surface area contributed by atoms with Crippen LogP contribution in [0, 0.1) is 0 Å². The van der Waals surface area contributed by atoms with Crippen LogP contribution in [-0.2, 0) is 0 Å². The summed E-state index contributed by atoms with van der Waals surface area (Å²) in [6.07, 6.45) is 0.477. The molecule has 0 spiro atoms. The Morgan fingerprint density at radius 3 is 1.95 bits per heavy atom. The minimum absolute atomic E-state index is 0.277. The zero-order valence-electron chi connectivity index (χ0n) is 12.4. The zero-order chi connectivity index (χ0) is 14.7. The molecular formula is C19H21NO. The van der Waals surface area contributed by atoms with Crippen molar-refractivity contribution in [1.82, 2.24) is 4.90 Å². The largest absolute Gasteiger partial charge is 0.391 e. The molecule has 1 aliphatic rings. The zero-order valence-corrected chi connectivity index (χ0v) is 12.4. The lowest BCUT2D eigenvalue weighted by molar-refractivity contribution is 0.108. The maximum absolute atomic E-state index is 10.1. The summed E-state index contributed by atoms with van der Waals surface area (Å²) in [5.74, 6) is 0. The Morgan fingerprint density at radius 2 is 1.48 bits per heavy atom. The van der Waals surface area contributed by atoms with E-state index in [2.05, 4.69) is 60.5 Å². The van der Waals surface area contributed by atoms with Gasteiger partial charge in [0.25, 0.3) is 0 Å². The molecule has 0 saturated carbocycles. The monoisotopic (exact) mass is 279 g/mol. The van der Waals surface area contributed by atoms with Gasteiger partial charge in [-0.15, -0.1) is 0 Å². The molecule has 1 atom stereocenters. The quantitative estimate of drug-likeness (QED) is 0.912. The first-order valence-electron chi connectivity index (χ1n) is 7.43. The first-order valence-corrected chi connectivity index (χ1v) is 7.43. The number of nitrogens with zero attached hydrogens (tertiary/aromatic N) is 1. The molecule has 1 saturated heterocycles. The average Bonchev–Trinajstić information content (AvgIpc) is 2.49. The van der Waals surface area contributed by atoms with Gasteiger partial charge < -0.3 is 5.11 Å². The minimum Gasteiger partial charge on any atom is -0.391 e. The smallest absolute Gasteiger partial charge is 0.0704 e. The standard InChI is InChI=1S/C19H21NO/c1-20-13-17(12-18(21)14-20)19(15-8-4-2-5-9-15)16-10-6-3-7-11-16/h2-11,18,21H,12-14H2,1H3. The lowest BCUT2D eigenvalue weighted by Gasteiger charge is -2.31. The van der Waals surface area contributed by atoms with E-state index in [0.717, 1.165) is 19.5 Å². The fourth-order valence-corrected chi connectivity index (χ4v) is 3.13. The summed E-state index contributed by atoms with van der Waals surface area (Å²) in [6.45, 7) is 1.66. The van der Waals surface area contributed by atoms with Crippen LogP contribution in [0.2, 0.25) is 0 Å². The van der Waals surface area contributed by atoms with Crippen LogP contribution in [0.4, 0.5) is 0 Å². The van der Waals surface area contributed by atoms with Gasteiger partial charge in [0.15, 0.2) is 0 Å². The van der Waals surface area contributed by atoms with E-state index in [1.165, 1.54) is 22.3 Å². The third-order valence-corrected chi connectivity index (χ3v) is 3.94. The van der Waals surface area contributed by atoms with Crippen LogP contribution in [0.5, 0.6) is 0 Å². The molecule has 0 bridgehead atoms. The lowest BCUT2D eigenvalue weighted by Crippen LogP contribution is -2.37. The Hall–Kier alpha value is -1.90. The van der Waals surface area contributed by atoms with Crippen LogP contribution in [0.1, 0.15) is 17.5 Å². The van der Waals surface area contributed by atoms with E-state index < -0.39 is 0 Å². The third kappa shape index (κ3) is 3.23. The fraction of sp³-hybridized carbons (Fsp3) is 0.263. The van der Waals surface area contributed by atoms with Gasteiger partial charge in [-0.1, -0.05) is 60.7 Å². The van der Waals surface area contributed by atoms with Crippen LogP contribution in [0.15, 0.2) is 66.2 Å². The van der Waals surface area contributed by atoms with Gasteiger partial charge in [0.05, 0.1) is 6.10 Å². The molecule has 2 heteroatoms. The van der Waals surface area contributed by atoms with Gasteiger partial charge in [0, 0.05) is 13.1 Å². The first-order chi connectivity index (χ1) is 10.2. The second-order valence-corrected chi connectivity index (χ2v) is 5.77. The second kappa shape index (κ2) is 6.25. The number of benzene rings is 2. The normalized spacial score (nSPS) is 19.5. The summed E-state index contributed by atoms with van der Waals surface area (Å²) < 4.78 is 0. The Balaban J connectivity index is 2.12. The number of likely N-dealkylation sites (tertiary alicyclic amines) is 1. The summed E-state index contributed by atoms with van der Waals surface area (Å²) in [5.41, 5.74) is 5.03. The molecule has 108 valence electrons. The van der Waals surface area contributed by atoms with Crippen molar-refractivity contribution in [2.75, 3.05) is 20.1 Å². The lowest BCUT2D eigenvalue weighted by atomic mass is 9.88. The summed E-state index contributed by atoms with van der Waals surface area (Å²) in [4.78, 5) is 2.19. The number of rotatable bonds is 2. The second-order valence-electron chi connectivity index (χ2n) is 5.77. The molecule has 0 aromatic heterocycles. The Morgan fingerprint density at radius 1 is 0.952 bits per heavy atom. The van der Waals surface area contributed by atoms with Crippen LogP contribution in [0.3, 0.4) is 0 Å². The van der Waals surface area contributed by atoms with Crippen LogP contribution < -0.4 is 0 Å². The highest BCUT2D eigenvalue weighted by molar-refractivity contribution is 5.82. The van der Waals surface area contributed by atoms with Crippen molar-refractivity contribution < 1.29 is 5.11 Å². The Kier molecular flexibility index (Phi) is 4.18. The summed E-state index contributed by atoms with van der Waals surface area (Å²) in [6, 6.07) is 21.0. The Labute approximate surface area is 126 Å². The van der Waals surface area contributed by atoms with Crippen LogP contribution >= 0.6 is 0 Å². The SMILES string of the molecule is CN1CC(=C(c2ccccc2)c2ccccc2)CC(O)C1. The van der Waals surface area contributed by atoms with Gasteiger partial charge in [0.1, 0.15) is 0 Å². The number of piperidine rings is 1. The number of β-amino-alcohol motifs (C(OH)–C–C–N with tert-alkyl or cyclic N) is 1. The summed E-state index contributed by atoms with van der Waals surface area (Å²) >= 11 is 0. The molecule has 2 aromatic carbocycles. The van der Waals surface area contributed by atoms with Crippen molar-refractivity contribution >= 4 is 5.57 Å². The molecule has 2 nitrogen and oxygen atoms in total. The van der Waals surface area contributed by atoms with Crippen LogP contribution in [-0.4, -0.2) is 36.2 Å². The molecule has 0 amide bonds. The molecule has 2 aromatic rings. The maximum Gasteiger partial charge on any atom is 0.0704 e. The topological polar surface area (TPSA) is 23.5 Å². The molecule has 3 rings (SSSR count). The number of hydrogen-bond donors (Lipinski definition) is 1. The number of aliphatic hydroxyl groups is 1. The predicted molar refractivity (Wildman–Crippen MR) is 87.0 cm³/mol. The van der Waals surface area contributed by atoms with E-state index in [1.807, 2.05) is 12.1 Å².